The number of benzene rings is 2. The lowest BCUT2D eigenvalue weighted by molar-refractivity contribution is 0.336. The maximum Gasteiger partial charge on any atom is 0.126 e. The maximum atomic E-state index is 13.2. The summed E-state index contributed by atoms with van der Waals surface area (Å²) >= 11 is 0. The van der Waals surface area contributed by atoms with E-state index in [2.05, 4.69) is 9.89 Å². The first-order valence-electron chi connectivity index (χ1n) is 9.55. The molecular weight excluding hydrogens is 341 g/mol. The van der Waals surface area contributed by atoms with Gasteiger partial charge < -0.3 is 15.4 Å². The molecule has 0 aliphatic carbocycles. The van der Waals surface area contributed by atoms with Gasteiger partial charge in [-0.3, -0.25) is 4.99 Å². The molecule has 5 heteroatoms. The minimum Gasteiger partial charge on any atom is -0.496 e. The molecule has 0 saturated carbocycles. The lowest BCUT2D eigenvalue weighted by Crippen LogP contribution is -2.21. The van der Waals surface area contributed by atoms with E-state index in [-0.39, 0.29) is 5.82 Å². The van der Waals surface area contributed by atoms with Crippen LogP contribution in [0.2, 0.25) is 0 Å². The molecule has 0 unspecified atom stereocenters. The van der Waals surface area contributed by atoms with Gasteiger partial charge in [-0.05, 0) is 81.2 Å². The Kier molecular flexibility index (Phi) is 6.45. The van der Waals surface area contributed by atoms with E-state index in [0.29, 0.717) is 12.4 Å². The molecule has 2 aromatic carbocycles. The van der Waals surface area contributed by atoms with Crippen molar-refractivity contribution in [3.8, 4) is 16.9 Å². The van der Waals surface area contributed by atoms with Crippen LogP contribution >= 0.6 is 0 Å². The van der Waals surface area contributed by atoms with Gasteiger partial charge in [0.25, 0.3) is 0 Å². The molecule has 0 bridgehead atoms. The van der Waals surface area contributed by atoms with Crippen LogP contribution in [0.3, 0.4) is 0 Å². The number of methoxy groups -OCH3 is 1. The summed E-state index contributed by atoms with van der Waals surface area (Å²) in [4.78, 5) is 7.07. The maximum absolute atomic E-state index is 13.2. The fourth-order valence-corrected chi connectivity index (χ4v) is 3.56. The number of likely N-dealkylation sites (tertiary alicyclic amines) is 1. The van der Waals surface area contributed by atoms with E-state index < -0.39 is 0 Å². The van der Waals surface area contributed by atoms with Crippen LogP contribution in [0.5, 0.6) is 5.75 Å². The SMILES string of the molecule is COc1cc(-c2ccc(F)cc2)cc(C(N)=NCCCN2CCCC2)c1C. The van der Waals surface area contributed by atoms with Gasteiger partial charge >= 0.3 is 0 Å². The first-order chi connectivity index (χ1) is 13.1. The molecule has 1 saturated heterocycles. The third-order valence-corrected chi connectivity index (χ3v) is 5.15. The summed E-state index contributed by atoms with van der Waals surface area (Å²) in [5, 5.41) is 0. The molecule has 3 rings (SSSR count). The summed E-state index contributed by atoms with van der Waals surface area (Å²) in [6.45, 7) is 6.18. The molecule has 1 aliphatic heterocycles. The highest BCUT2D eigenvalue weighted by Gasteiger charge is 2.13. The van der Waals surface area contributed by atoms with Crippen molar-refractivity contribution in [3.63, 3.8) is 0 Å². The number of amidine groups is 1. The van der Waals surface area contributed by atoms with E-state index in [4.69, 9.17) is 10.5 Å². The molecule has 2 N–H and O–H groups in total. The van der Waals surface area contributed by atoms with E-state index in [9.17, 15) is 4.39 Å². The topological polar surface area (TPSA) is 50.9 Å². The van der Waals surface area contributed by atoms with Crippen LogP contribution in [-0.4, -0.2) is 44.0 Å². The van der Waals surface area contributed by atoms with E-state index in [0.717, 1.165) is 41.0 Å². The molecular formula is C22H28FN3O. The minimum absolute atomic E-state index is 0.253. The van der Waals surface area contributed by atoms with E-state index in [1.54, 1.807) is 19.2 Å². The molecule has 1 heterocycles. The number of halogens is 1. The average Bonchev–Trinajstić information content (AvgIpc) is 3.19. The Hall–Kier alpha value is -2.40. The lowest BCUT2D eigenvalue weighted by atomic mass is 9.98. The summed E-state index contributed by atoms with van der Waals surface area (Å²) in [5.74, 6) is 1.02. The van der Waals surface area contributed by atoms with Crippen molar-refractivity contribution in [2.75, 3.05) is 33.3 Å². The molecule has 1 fully saturated rings. The number of ether oxygens (including phenoxy) is 1. The smallest absolute Gasteiger partial charge is 0.126 e. The minimum atomic E-state index is -0.253. The van der Waals surface area contributed by atoms with Crippen LogP contribution in [0.25, 0.3) is 11.1 Å². The summed E-state index contributed by atoms with van der Waals surface area (Å²) in [5.41, 5.74) is 9.99. The molecule has 27 heavy (non-hydrogen) atoms. The molecule has 4 nitrogen and oxygen atoms in total. The van der Waals surface area contributed by atoms with Gasteiger partial charge in [-0.2, -0.15) is 0 Å². The zero-order chi connectivity index (χ0) is 19.2. The molecule has 0 amide bonds. The second kappa shape index (κ2) is 9.00. The van der Waals surface area contributed by atoms with Crippen molar-refractivity contribution >= 4 is 5.84 Å². The van der Waals surface area contributed by atoms with Gasteiger partial charge in [0.2, 0.25) is 0 Å². The average molecular weight is 369 g/mol. The third kappa shape index (κ3) is 4.86. The van der Waals surface area contributed by atoms with Gasteiger partial charge in [-0.1, -0.05) is 12.1 Å². The first-order valence-corrected chi connectivity index (χ1v) is 9.55. The fourth-order valence-electron chi connectivity index (χ4n) is 3.56. The molecule has 0 spiro atoms. The number of aliphatic imine (C=N–C) groups is 1. The zero-order valence-electron chi connectivity index (χ0n) is 16.2. The Bertz CT molecular complexity index is 796. The van der Waals surface area contributed by atoms with Crippen molar-refractivity contribution in [1.82, 2.24) is 4.90 Å². The fraction of sp³-hybridized carbons (Fsp3) is 0.409. The van der Waals surface area contributed by atoms with E-state index in [1.807, 2.05) is 19.1 Å². The second-order valence-corrected chi connectivity index (χ2v) is 7.03. The highest BCUT2D eigenvalue weighted by Crippen LogP contribution is 2.30. The predicted octanol–water partition coefficient (Wildman–Crippen LogP) is 4.00. The van der Waals surface area contributed by atoms with Gasteiger partial charge in [-0.15, -0.1) is 0 Å². The number of nitrogens with zero attached hydrogens (tertiary/aromatic N) is 2. The van der Waals surface area contributed by atoms with Crippen LogP contribution in [0.1, 0.15) is 30.4 Å². The third-order valence-electron chi connectivity index (χ3n) is 5.15. The molecule has 144 valence electrons. The van der Waals surface area contributed by atoms with Crippen LogP contribution < -0.4 is 10.5 Å². The summed E-state index contributed by atoms with van der Waals surface area (Å²) < 4.78 is 18.8. The predicted molar refractivity (Wildman–Crippen MR) is 109 cm³/mol. The van der Waals surface area contributed by atoms with Crippen molar-refractivity contribution in [2.24, 2.45) is 10.7 Å². The summed E-state index contributed by atoms with van der Waals surface area (Å²) in [6.07, 6.45) is 3.62. The van der Waals surface area contributed by atoms with Gasteiger partial charge in [-0.25, -0.2) is 4.39 Å². The van der Waals surface area contributed by atoms with Crippen molar-refractivity contribution < 1.29 is 9.13 Å². The largest absolute Gasteiger partial charge is 0.496 e. The van der Waals surface area contributed by atoms with Crippen molar-refractivity contribution in [2.45, 2.75) is 26.2 Å². The second-order valence-electron chi connectivity index (χ2n) is 7.03. The first kappa shape index (κ1) is 19.4. The van der Waals surface area contributed by atoms with E-state index in [1.165, 1.54) is 38.1 Å². The Morgan fingerprint density at radius 2 is 1.85 bits per heavy atom. The van der Waals surface area contributed by atoms with Crippen molar-refractivity contribution in [1.29, 1.82) is 0 Å². The lowest BCUT2D eigenvalue weighted by Gasteiger charge is -2.15. The van der Waals surface area contributed by atoms with Crippen LogP contribution in [0.4, 0.5) is 4.39 Å². The highest BCUT2D eigenvalue weighted by molar-refractivity contribution is 6.00. The van der Waals surface area contributed by atoms with E-state index >= 15 is 0 Å². The Labute approximate surface area is 160 Å². The molecule has 0 aromatic heterocycles. The monoisotopic (exact) mass is 369 g/mol. The van der Waals surface area contributed by atoms with Crippen LogP contribution in [0, 0.1) is 12.7 Å². The van der Waals surface area contributed by atoms with Gasteiger partial charge in [0.05, 0.1) is 7.11 Å². The standard InChI is InChI=1S/C22H28FN3O/c1-16-20(22(24)25-10-5-13-26-11-3-4-12-26)14-18(15-21(16)27-2)17-6-8-19(23)9-7-17/h6-9,14-15H,3-5,10-13H2,1-2H3,(H2,24,25). The molecule has 2 aromatic rings. The number of nitrogens with two attached hydrogens (primary N) is 1. The summed E-state index contributed by atoms with van der Waals surface area (Å²) in [7, 11) is 1.64. The highest BCUT2D eigenvalue weighted by atomic mass is 19.1. The Balaban J connectivity index is 1.78. The Morgan fingerprint density at radius 1 is 1.15 bits per heavy atom. The molecule has 0 atom stereocenters. The van der Waals surface area contributed by atoms with Crippen LogP contribution in [-0.2, 0) is 0 Å². The number of hydrogen-bond donors (Lipinski definition) is 1. The normalized spacial score (nSPS) is 15.3. The van der Waals surface area contributed by atoms with Gasteiger partial charge in [0.1, 0.15) is 17.4 Å². The number of hydrogen-bond acceptors (Lipinski definition) is 3. The van der Waals surface area contributed by atoms with Crippen molar-refractivity contribution in [3.05, 3.63) is 53.3 Å². The molecule has 0 radical (unpaired) electrons. The zero-order valence-corrected chi connectivity index (χ0v) is 16.2. The van der Waals surface area contributed by atoms with Gasteiger partial charge in [0, 0.05) is 17.7 Å². The quantitative estimate of drug-likeness (QED) is 0.456. The summed E-state index contributed by atoms with van der Waals surface area (Å²) in [6, 6.07) is 10.4. The molecule has 1 aliphatic rings. The van der Waals surface area contributed by atoms with Gasteiger partial charge in [0.15, 0.2) is 0 Å². The Morgan fingerprint density at radius 3 is 2.52 bits per heavy atom. The van der Waals surface area contributed by atoms with Crippen LogP contribution in [0.15, 0.2) is 41.4 Å². The number of rotatable bonds is 7.